The zero-order valence-electron chi connectivity index (χ0n) is 11.1. The second-order valence-electron chi connectivity index (χ2n) is 4.40. The van der Waals surface area contributed by atoms with Crippen molar-refractivity contribution in [2.24, 2.45) is 0 Å². The highest BCUT2D eigenvalue weighted by Crippen LogP contribution is 2.24. The van der Waals surface area contributed by atoms with Crippen LogP contribution in [0.3, 0.4) is 0 Å². The van der Waals surface area contributed by atoms with Gasteiger partial charge in [0.05, 0.1) is 16.4 Å². The van der Waals surface area contributed by atoms with E-state index in [9.17, 15) is 9.59 Å². The van der Waals surface area contributed by atoms with Crippen molar-refractivity contribution >= 4 is 40.9 Å². The highest BCUT2D eigenvalue weighted by Gasteiger charge is 2.21. The predicted molar refractivity (Wildman–Crippen MR) is 82.3 cm³/mol. The summed E-state index contributed by atoms with van der Waals surface area (Å²) in [6.07, 6.45) is 3.02. The van der Waals surface area contributed by atoms with Gasteiger partial charge in [-0.1, -0.05) is 23.2 Å². The van der Waals surface area contributed by atoms with Gasteiger partial charge in [-0.25, -0.2) is 14.6 Å². The number of carbonyl (C=O) groups is 2. The summed E-state index contributed by atoms with van der Waals surface area (Å²) in [6, 6.07) is 2.79. The Morgan fingerprint density at radius 1 is 1.32 bits per heavy atom. The van der Waals surface area contributed by atoms with Crippen molar-refractivity contribution in [2.45, 2.75) is 12.5 Å². The Kier molecular flexibility index (Phi) is 5.24. The lowest BCUT2D eigenvalue weighted by Gasteiger charge is -2.14. The van der Waals surface area contributed by atoms with Crippen LogP contribution < -0.4 is 10.6 Å². The van der Waals surface area contributed by atoms with Gasteiger partial charge in [-0.05, 0) is 18.2 Å². The molecule has 0 saturated carbocycles. The summed E-state index contributed by atoms with van der Waals surface area (Å²) in [5, 5.41) is 14.6. The summed E-state index contributed by atoms with van der Waals surface area (Å²) in [5.74, 6) is -1.15. The number of rotatable bonds is 5. The SMILES string of the molecule is O=C(Nc1ccc(Cl)c(Cl)c1)N[C@H](Cc1cnc[nH]1)C(=O)O. The van der Waals surface area contributed by atoms with Crippen LogP contribution in [-0.4, -0.2) is 33.1 Å². The molecule has 2 aromatic rings. The minimum absolute atomic E-state index is 0.0874. The molecule has 0 aliphatic carbocycles. The maximum Gasteiger partial charge on any atom is 0.326 e. The Hall–Kier alpha value is -2.25. The monoisotopic (exact) mass is 342 g/mol. The Labute approximate surface area is 135 Å². The third kappa shape index (κ3) is 4.37. The van der Waals surface area contributed by atoms with Gasteiger partial charge in [0.2, 0.25) is 0 Å². The van der Waals surface area contributed by atoms with E-state index in [4.69, 9.17) is 28.3 Å². The van der Waals surface area contributed by atoms with E-state index < -0.39 is 18.0 Å². The third-order valence-electron chi connectivity index (χ3n) is 2.76. The van der Waals surface area contributed by atoms with Crippen LogP contribution in [0.4, 0.5) is 10.5 Å². The minimum Gasteiger partial charge on any atom is -0.480 e. The molecule has 0 aliphatic heterocycles. The molecule has 0 aliphatic rings. The Morgan fingerprint density at radius 3 is 2.68 bits per heavy atom. The molecule has 22 heavy (non-hydrogen) atoms. The zero-order valence-corrected chi connectivity index (χ0v) is 12.6. The third-order valence-corrected chi connectivity index (χ3v) is 3.50. The molecule has 2 rings (SSSR count). The molecule has 2 amide bonds. The number of carboxylic acids is 1. The maximum atomic E-state index is 11.9. The van der Waals surface area contributed by atoms with Crippen molar-refractivity contribution in [1.29, 1.82) is 0 Å². The molecule has 116 valence electrons. The van der Waals surface area contributed by atoms with Gasteiger partial charge in [0.15, 0.2) is 0 Å². The molecule has 4 N–H and O–H groups in total. The number of nitrogens with one attached hydrogen (secondary N) is 3. The molecule has 0 spiro atoms. The average Bonchev–Trinajstić information content (AvgIpc) is 2.95. The second-order valence-corrected chi connectivity index (χ2v) is 5.21. The van der Waals surface area contributed by atoms with Gasteiger partial charge in [0.25, 0.3) is 0 Å². The number of imidazole rings is 1. The quantitative estimate of drug-likeness (QED) is 0.669. The van der Waals surface area contributed by atoms with Crippen LogP contribution in [0.1, 0.15) is 5.69 Å². The van der Waals surface area contributed by atoms with Crippen LogP contribution in [0.5, 0.6) is 0 Å². The zero-order chi connectivity index (χ0) is 16.1. The molecular formula is C13H12Cl2N4O3. The molecule has 1 aromatic carbocycles. The van der Waals surface area contributed by atoms with Crippen LogP contribution >= 0.6 is 23.2 Å². The number of urea groups is 1. The number of hydrogen-bond donors (Lipinski definition) is 4. The number of carbonyl (C=O) groups excluding carboxylic acids is 1. The number of carboxylic acid groups (broad SMARTS) is 1. The van der Waals surface area contributed by atoms with E-state index >= 15 is 0 Å². The molecule has 9 heteroatoms. The first-order valence-electron chi connectivity index (χ1n) is 6.18. The first-order valence-corrected chi connectivity index (χ1v) is 6.94. The summed E-state index contributed by atoms with van der Waals surface area (Å²) < 4.78 is 0. The number of aromatic nitrogens is 2. The summed E-state index contributed by atoms with van der Waals surface area (Å²) in [6.45, 7) is 0. The van der Waals surface area contributed by atoms with E-state index in [-0.39, 0.29) is 11.4 Å². The van der Waals surface area contributed by atoms with Gasteiger partial charge >= 0.3 is 12.0 Å². The maximum absolute atomic E-state index is 11.9. The van der Waals surface area contributed by atoms with E-state index in [1.807, 2.05) is 0 Å². The van der Waals surface area contributed by atoms with Gasteiger partial charge in [0.1, 0.15) is 6.04 Å². The highest BCUT2D eigenvalue weighted by molar-refractivity contribution is 6.42. The van der Waals surface area contributed by atoms with Gasteiger partial charge in [-0.3, -0.25) is 0 Å². The fraction of sp³-hybridized carbons (Fsp3) is 0.154. The number of hydrogen-bond acceptors (Lipinski definition) is 3. The van der Waals surface area contributed by atoms with Gasteiger partial charge in [-0.15, -0.1) is 0 Å². The molecule has 7 nitrogen and oxygen atoms in total. The molecule has 0 fully saturated rings. The van der Waals surface area contributed by atoms with E-state index in [0.717, 1.165) is 0 Å². The van der Waals surface area contributed by atoms with Crippen LogP contribution in [-0.2, 0) is 11.2 Å². The molecule has 0 radical (unpaired) electrons. The Balaban J connectivity index is 1.98. The molecular weight excluding hydrogens is 331 g/mol. The fourth-order valence-corrected chi connectivity index (χ4v) is 2.01. The van der Waals surface area contributed by atoms with Gasteiger partial charge in [0, 0.05) is 24.0 Å². The average molecular weight is 343 g/mol. The molecule has 0 saturated heterocycles. The smallest absolute Gasteiger partial charge is 0.326 e. The summed E-state index contributed by atoms with van der Waals surface area (Å²) in [5.41, 5.74) is 1.000. The van der Waals surface area contributed by atoms with Gasteiger partial charge < -0.3 is 20.7 Å². The normalized spacial score (nSPS) is 11.7. The van der Waals surface area contributed by atoms with Crippen LogP contribution in [0.25, 0.3) is 0 Å². The van der Waals surface area contributed by atoms with Crippen LogP contribution in [0.15, 0.2) is 30.7 Å². The van der Waals surface area contributed by atoms with Crippen LogP contribution in [0.2, 0.25) is 10.0 Å². The van der Waals surface area contributed by atoms with Crippen molar-refractivity contribution in [3.05, 3.63) is 46.5 Å². The van der Waals surface area contributed by atoms with Gasteiger partial charge in [-0.2, -0.15) is 0 Å². The number of aromatic amines is 1. The van der Waals surface area contributed by atoms with E-state index in [2.05, 4.69) is 20.6 Å². The second kappa shape index (κ2) is 7.15. The predicted octanol–water partition coefficient (Wildman–Crippen LogP) is 2.53. The van der Waals surface area contributed by atoms with Crippen LogP contribution in [0, 0.1) is 0 Å². The fourth-order valence-electron chi connectivity index (χ4n) is 1.72. The number of halogens is 2. The van der Waals surface area contributed by atoms with E-state index in [1.54, 1.807) is 6.07 Å². The molecule has 0 bridgehead atoms. The minimum atomic E-state index is -1.15. The molecule has 1 atom stereocenters. The molecule has 1 aromatic heterocycles. The number of amides is 2. The number of aliphatic carboxylic acids is 1. The van der Waals surface area contributed by atoms with Crippen molar-refractivity contribution in [1.82, 2.24) is 15.3 Å². The van der Waals surface area contributed by atoms with E-state index in [0.29, 0.717) is 16.4 Å². The lowest BCUT2D eigenvalue weighted by molar-refractivity contribution is -0.139. The Morgan fingerprint density at radius 2 is 2.09 bits per heavy atom. The number of benzene rings is 1. The first-order chi connectivity index (χ1) is 10.5. The summed E-state index contributed by atoms with van der Waals surface area (Å²) in [7, 11) is 0. The molecule has 1 heterocycles. The first kappa shape index (κ1) is 16.1. The van der Waals surface area contributed by atoms with Crippen molar-refractivity contribution in [3.8, 4) is 0 Å². The number of anilines is 1. The lowest BCUT2D eigenvalue weighted by atomic mass is 10.2. The lowest BCUT2D eigenvalue weighted by Crippen LogP contribution is -2.44. The largest absolute Gasteiger partial charge is 0.480 e. The van der Waals surface area contributed by atoms with E-state index in [1.165, 1.54) is 24.7 Å². The summed E-state index contributed by atoms with van der Waals surface area (Å²) in [4.78, 5) is 29.6. The topological polar surface area (TPSA) is 107 Å². The van der Waals surface area contributed by atoms with Crippen molar-refractivity contribution < 1.29 is 14.7 Å². The summed E-state index contributed by atoms with van der Waals surface area (Å²) >= 11 is 11.6. The number of nitrogens with zero attached hydrogens (tertiary/aromatic N) is 1. The molecule has 0 unspecified atom stereocenters. The Bertz CT molecular complexity index is 676. The number of H-pyrrole nitrogens is 1. The van der Waals surface area contributed by atoms with Crippen molar-refractivity contribution in [2.75, 3.05) is 5.32 Å². The standard InChI is InChI=1S/C13H12Cl2N4O3/c14-9-2-1-7(3-10(9)15)18-13(22)19-11(12(20)21)4-8-5-16-6-17-8/h1-3,5-6,11H,4H2,(H,16,17)(H,20,21)(H2,18,19,22)/t11-/m1/s1. The highest BCUT2D eigenvalue weighted by atomic mass is 35.5. The van der Waals surface area contributed by atoms with Crippen molar-refractivity contribution in [3.63, 3.8) is 0 Å².